The summed E-state index contributed by atoms with van der Waals surface area (Å²) in [5.41, 5.74) is 7.82. The van der Waals surface area contributed by atoms with E-state index in [9.17, 15) is 18.0 Å². The number of amides is 1. The van der Waals surface area contributed by atoms with Crippen molar-refractivity contribution >= 4 is 23.5 Å². The van der Waals surface area contributed by atoms with Crippen molar-refractivity contribution in [2.45, 2.75) is 50.9 Å². The lowest BCUT2D eigenvalue weighted by Crippen LogP contribution is -2.48. The first-order valence-corrected chi connectivity index (χ1v) is 10.1. The van der Waals surface area contributed by atoms with Crippen molar-refractivity contribution in [2.75, 3.05) is 6.54 Å². The number of carbonyl (C=O) groups is 2. The average Bonchev–Trinajstić information content (AvgIpc) is 3.41. The van der Waals surface area contributed by atoms with Crippen LogP contribution in [-0.2, 0) is 9.59 Å². The van der Waals surface area contributed by atoms with Crippen LogP contribution in [0.5, 0.6) is 0 Å². The summed E-state index contributed by atoms with van der Waals surface area (Å²) >= 11 is 6.25. The first kappa shape index (κ1) is 26.1. The van der Waals surface area contributed by atoms with Gasteiger partial charge in [0.25, 0.3) is 0 Å². The first-order valence-electron chi connectivity index (χ1n) is 9.72. The van der Waals surface area contributed by atoms with Crippen LogP contribution in [0, 0.1) is 18.3 Å². The maximum absolute atomic E-state index is 12.6. The van der Waals surface area contributed by atoms with Gasteiger partial charge in [-0.15, -0.1) is 0 Å². The highest BCUT2D eigenvalue weighted by molar-refractivity contribution is 6.33. The molecule has 0 aliphatic carbocycles. The number of carboxylic acid groups (broad SMARTS) is 1. The van der Waals surface area contributed by atoms with E-state index in [0.717, 1.165) is 12.0 Å². The van der Waals surface area contributed by atoms with Crippen LogP contribution in [0.15, 0.2) is 22.7 Å². The van der Waals surface area contributed by atoms with Crippen LogP contribution in [0.2, 0.25) is 5.02 Å². The van der Waals surface area contributed by atoms with E-state index in [1.165, 1.54) is 4.90 Å². The Balaban J connectivity index is 0.000000479. The third kappa shape index (κ3) is 6.43. The molecule has 2 heterocycles. The normalized spacial score (nSPS) is 17.5. The third-order valence-corrected chi connectivity index (χ3v) is 5.26. The average molecular weight is 488 g/mol. The Hall–Kier alpha value is -3.17. The van der Waals surface area contributed by atoms with Crippen molar-refractivity contribution in [3.05, 3.63) is 34.7 Å². The second kappa shape index (κ2) is 10.6. The smallest absolute Gasteiger partial charge is 0.475 e. The summed E-state index contributed by atoms with van der Waals surface area (Å²) < 4.78 is 37.1. The molecule has 33 heavy (non-hydrogen) atoms. The Labute approximate surface area is 191 Å². The molecule has 3 N–H and O–H groups in total. The molecule has 0 saturated carbocycles. The number of nitrogens with zero attached hydrogens (tertiary/aromatic N) is 4. The molecule has 9 nitrogen and oxygen atoms in total. The number of benzene rings is 1. The van der Waals surface area contributed by atoms with Gasteiger partial charge in [-0.1, -0.05) is 29.7 Å². The van der Waals surface area contributed by atoms with E-state index in [-0.39, 0.29) is 11.8 Å². The lowest BCUT2D eigenvalue weighted by molar-refractivity contribution is -0.192. The number of nitrogens with two attached hydrogens (primary N) is 1. The van der Waals surface area contributed by atoms with Crippen LogP contribution in [0.4, 0.5) is 13.2 Å². The van der Waals surface area contributed by atoms with Gasteiger partial charge < -0.3 is 20.3 Å². The van der Waals surface area contributed by atoms with Gasteiger partial charge in [-0.05, 0) is 37.5 Å². The van der Waals surface area contributed by atoms with E-state index in [1.807, 2.05) is 25.1 Å². The minimum Gasteiger partial charge on any atom is -0.475 e. The standard InChI is InChI=1S/C18H20ClN5O2.C2HF3O2/c1-10-5-6-13(14(19)8-10)16-22-17(26-23-16)11(2)15(21)18(25)24-7-3-4-12(24)9-20;3-2(4,5)1(6)7/h5-6,8,11-12,15H,3-4,7,21H2,1-2H3;(H,6,7)/t11-,12-,15-;/m0./s1. The number of likely N-dealkylation sites (tertiary alicyclic amines) is 1. The number of carbonyl (C=O) groups excluding carboxylic acids is 1. The quantitative estimate of drug-likeness (QED) is 0.667. The minimum absolute atomic E-state index is 0.269. The van der Waals surface area contributed by atoms with E-state index in [0.29, 0.717) is 29.4 Å². The Bertz CT molecular complexity index is 1050. The molecular formula is C20H21ClF3N5O4. The number of hydrogen-bond donors (Lipinski definition) is 2. The molecule has 0 unspecified atom stereocenters. The molecule has 0 radical (unpaired) electrons. The lowest BCUT2D eigenvalue weighted by Gasteiger charge is -2.25. The number of rotatable bonds is 4. The van der Waals surface area contributed by atoms with Gasteiger partial charge in [0.2, 0.25) is 17.6 Å². The fourth-order valence-electron chi connectivity index (χ4n) is 3.05. The SMILES string of the molecule is Cc1ccc(-c2noc([C@@H](C)[C@H](N)C(=O)N3CCC[C@H]3C#N)n2)c(Cl)c1.O=C(O)C(F)(F)F. The fraction of sp³-hybridized carbons (Fsp3) is 0.450. The van der Waals surface area contributed by atoms with Crippen molar-refractivity contribution in [3.63, 3.8) is 0 Å². The fourth-order valence-corrected chi connectivity index (χ4v) is 3.37. The summed E-state index contributed by atoms with van der Waals surface area (Å²) in [6.07, 6.45) is -3.60. The van der Waals surface area contributed by atoms with Crippen molar-refractivity contribution in [1.82, 2.24) is 15.0 Å². The van der Waals surface area contributed by atoms with Crippen LogP contribution < -0.4 is 5.73 Å². The molecule has 1 amide bonds. The maximum atomic E-state index is 12.6. The number of aromatic nitrogens is 2. The second-order valence-electron chi connectivity index (χ2n) is 7.38. The Kier molecular flexibility index (Phi) is 8.40. The van der Waals surface area contributed by atoms with Gasteiger partial charge in [0, 0.05) is 12.1 Å². The second-order valence-corrected chi connectivity index (χ2v) is 7.78. The molecule has 3 rings (SSSR count). The van der Waals surface area contributed by atoms with Crippen molar-refractivity contribution in [2.24, 2.45) is 5.73 Å². The molecule has 1 aromatic heterocycles. The van der Waals surface area contributed by atoms with Crippen molar-refractivity contribution < 1.29 is 32.4 Å². The van der Waals surface area contributed by atoms with E-state index < -0.39 is 30.1 Å². The van der Waals surface area contributed by atoms with Gasteiger partial charge in [0.1, 0.15) is 6.04 Å². The molecule has 3 atom stereocenters. The topological polar surface area (TPSA) is 146 Å². The maximum Gasteiger partial charge on any atom is 0.490 e. The summed E-state index contributed by atoms with van der Waals surface area (Å²) in [5, 5.41) is 20.8. The minimum atomic E-state index is -5.08. The lowest BCUT2D eigenvalue weighted by atomic mass is 10.0. The molecule has 13 heteroatoms. The van der Waals surface area contributed by atoms with E-state index in [2.05, 4.69) is 16.2 Å². The largest absolute Gasteiger partial charge is 0.490 e. The molecule has 0 spiro atoms. The van der Waals surface area contributed by atoms with Gasteiger partial charge in [-0.25, -0.2) is 4.79 Å². The van der Waals surface area contributed by atoms with Crippen LogP contribution in [0.25, 0.3) is 11.4 Å². The monoisotopic (exact) mass is 487 g/mol. The predicted octanol–water partition coefficient (Wildman–Crippen LogP) is 3.28. The van der Waals surface area contributed by atoms with E-state index in [1.54, 1.807) is 6.92 Å². The molecule has 1 aliphatic rings. The molecule has 0 bridgehead atoms. The molecule has 1 saturated heterocycles. The van der Waals surface area contributed by atoms with Gasteiger partial charge in [0.05, 0.1) is 23.1 Å². The van der Waals surface area contributed by atoms with Gasteiger partial charge in [0.15, 0.2) is 0 Å². The number of carboxylic acids is 1. The number of aryl methyl sites for hydroxylation is 1. The first-order chi connectivity index (χ1) is 15.4. The molecule has 178 valence electrons. The van der Waals surface area contributed by atoms with Crippen LogP contribution in [0.1, 0.15) is 37.1 Å². The molecular weight excluding hydrogens is 467 g/mol. The molecule has 1 fully saturated rings. The van der Waals surface area contributed by atoms with E-state index >= 15 is 0 Å². The summed E-state index contributed by atoms with van der Waals surface area (Å²) in [5.74, 6) is -2.88. The number of halogens is 4. The zero-order valence-corrected chi connectivity index (χ0v) is 18.4. The Morgan fingerprint density at radius 3 is 2.61 bits per heavy atom. The molecule has 1 aromatic carbocycles. The highest BCUT2D eigenvalue weighted by atomic mass is 35.5. The van der Waals surface area contributed by atoms with Gasteiger partial charge >= 0.3 is 12.1 Å². The zero-order chi connectivity index (χ0) is 24.9. The van der Waals surface area contributed by atoms with Crippen molar-refractivity contribution in [1.29, 1.82) is 5.26 Å². The van der Waals surface area contributed by atoms with Crippen molar-refractivity contribution in [3.8, 4) is 17.5 Å². The predicted molar refractivity (Wildman–Crippen MR) is 110 cm³/mol. The summed E-state index contributed by atoms with van der Waals surface area (Å²) in [4.78, 5) is 27.4. The zero-order valence-electron chi connectivity index (χ0n) is 17.6. The number of hydrogen-bond acceptors (Lipinski definition) is 7. The number of alkyl halides is 3. The third-order valence-electron chi connectivity index (χ3n) is 4.95. The Morgan fingerprint density at radius 2 is 2.06 bits per heavy atom. The van der Waals surface area contributed by atoms with Gasteiger partial charge in [-0.3, -0.25) is 4.79 Å². The summed E-state index contributed by atoms with van der Waals surface area (Å²) in [6.45, 7) is 4.25. The molecule has 2 aromatic rings. The highest BCUT2D eigenvalue weighted by Crippen LogP contribution is 2.29. The van der Waals surface area contributed by atoms with E-state index in [4.69, 9.17) is 37.0 Å². The van der Waals surface area contributed by atoms with Crippen LogP contribution in [-0.4, -0.2) is 56.8 Å². The Morgan fingerprint density at radius 1 is 1.42 bits per heavy atom. The number of nitriles is 1. The number of aliphatic carboxylic acids is 1. The van der Waals surface area contributed by atoms with Gasteiger partial charge in [-0.2, -0.15) is 23.4 Å². The summed E-state index contributed by atoms with van der Waals surface area (Å²) in [6, 6.07) is 6.43. The van der Waals surface area contributed by atoms with Crippen LogP contribution in [0.3, 0.4) is 0 Å². The summed E-state index contributed by atoms with van der Waals surface area (Å²) in [7, 11) is 0. The highest BCUT2D eigenvalue weighted by Gasteiger charge is 2.38. The molecule has 1 aliphatic heterocycles. The van der Waals surface area contributed by atoms with Crippen LogP contribution >= 0.6 is 11.6 Å².